The van der Waals surface area contributed by atoms with Gasteiger partial charge in [-0.05, 0) is 49.0 Å². The molecule has 1 aromatic heterocycles. The molecular weight excluding hydrogens is 403 g/mol. The molecule has 0 radical (unpaired) electrons. The summed E-state index contributed by atoms with van der Waals surface area (Å²) >= 11 is 12.0. The molecule has 144 valence electrons. The minimum atomic E-state index is -0.727. The first kappa shape index (κ1) is 18.8. The Labute approximate surface area is 171 Å². The molecule has 4 rings (SSSR count). The van der Waals surface area contributed by atoms with E-state index < -0.39 is 11.9 Å². The Bertz CT molecular complexity index is 986. The second kappa shape index (κ2) is 7.44. The Morgan fingerprint density at radius 3 is 2.86 bits per heavy atom. The van der Waals surface area contributed by atoms with Crippen LogP contribution in [0.5, 0.6) is 0 Å². The van der Waals surface area contributed by atoms with Gasteiger partial charge in [-0.3, -0.25) is 9.59 Å². The van der Waals surface area contributed by atoms with E-state index in [0.717, 1.165) is 13.0 Å². The number of aromatic nitrogens is 1. The van der Waals surface area contributed by atoms with Gasteiger partial charge in [-0.25, -0.2) is 4.98 Å². The number of pyridine rings is 1. The van der Waals surface area contributed by atoms with Gasteiger partial charge in [0.1, 0.15) is 11.7 Å². The van der Waals surface area contributed by atoms with Gasteiger partial charge in [0.15, 0.2) is 10.9 Å². The lowest BCUT2D eigenvalue weighted by molar-refractivity contribution is -0.124. The highest BCUT2D eigenvalue weighted by molar-refractivity contribution is 7.80. The van der Waals surface area contributed by atoms with Gasteiger partial charge in [-0.2, -0.15) is 4.39 Å². The van der Waals surface area contributed by atoms with Crippen LogP contribution < -0.4 is 10.2 Å². The summed E-state index contributed by atoms with van der Waals surface area (Å²) in [5, 5.41) is 3.62. The topological polar surface area (TPSA) is 65.5 Å². The zero-order valence-corrected chi connectivity index (χ0v) is 16.3. The number of anilines is 2. The van der Waals surface area contributed by atoms with E-state index >= 15 is 0 Å². The molecule has 9 heteroatoms. The Kier molecular flexibility index (Phi) is 4.99. The molecule has 1 amide bonds. The Morgan fingerprint density at radius 2 is 2.14 bits per heavy atom. The largest absolute Gasteiger partial charge is 0.337 e. The minimum absolute atomic E-state index is 0.0312. The van der Waals surface area contributed by atoms with Crippen LogP contribution >= 0.6 is 23.8 Å². The molecule has 0 aliphatic carbocycles. The maximum absolute atomic E-state index is 13.2. The number of fused-ring (bicyclic) bond motifs is 1. The van der Waals surface area contributed by atoms with Crippen molar-refractivity contribution in [2.24, 2.45) is 0 Å². The fraction of sp³-hybridized carbons (Fsp3) is 0.263. The molecule has 2 saturated heterocycles. The fourth-order valence-corrected chi connectivity index (χ4v) is 4.16. The fourth-order valence-electron chi connectivity index (χ4n) is 3.49. The van der Waals surface area contributed by atoms with Crippen molar-refractivity contribution in [1.82, 2.24) is 9.88 Å². The average molecular weight is 419 g/mol. The number of Topliss-reactive ketones (excluding diaryl/α,β-unsaturated/α-hetero) is 1. The van der Waals surface area contributed by atoms with E-state index in [1.165, 1.54) is 18.2 Å². The Morgan fingerprint density at radius 1 is 1.32 bits per heavy atom. The molecule has 2 aliphatic heterocycles. The van der Waals surface area contributed by atoms with Crippen LogP contribution in [0.25, 0.3) is 0 Å². The highest BCUT2D eigenvalue weighted by atomic mass is 35.5. The van der Waals surface area contributed by atoms with Crippen LogP contribution in [0.15, 0.2) is 36.4 Å². The highest BCUT2D eigenvalue weighted by Crippen LogP contribution is 2.34. The van der Waals surface area contributed by atoms with Crippen molar-refractivity contribution in [1.29, 1.82) is 0 Å². The van der Waals surface area contributed by atoms with E-state index in [1.54, 1.807) is 18.2 Å². The first-order valence-corrected chi connectivity index (χ1v) is 9.57. The van der Waals surface area contributed by atoms with Crippen molar-refractivity contribution >= 4 is 52.0 Å². The van der Waals surface area contributed by atoms with Gasteiger partial charge in [0.25, 0.3) is 5.91 Å². The van der Waals surface area contributed by atoms with Crippen molar-refractivity contribution in [3.63, 3.8) is 0 Å². The quantitative estimate of drug-likeness (QED) is 0.609. The lowest BCUT2D eigenvalue weighted by Crippen LogP contribution is -2.43. The van der Waals surface area contributed by atoms with E-state index in [1.807, 2.05) is 9.80 Å². The first-order valence-electron chi connectivity index (χ1n) is 8.78. The van der Waals surface area contributed by atoms with Gasteiger partial charge in [0.2, 0.25) is 5.95 Å². The third-order valence-electron chi connectivity index (χ3n) is 4.85. The molecule has 2 aromatic rings. The van der Waals surface area contributed by atoms with Crippen LogP contribution in [0.3, 0.4) is 0 Å². The van der Waals surface area contributed by atoms with Gasteiger partial charge in [0.05, 0.1) is 17.3 Å². The Hall–Kier alpha value is -2.58. The van der Waals surface area contributed by atoms with Crippen molar-refractivity contribution in [3.05, 3.63) is 53.1 Å². The number of piperidine rings is 1. The summed E-state index contributed by atoms with van der Waals surface area (Å²) in [6.07, 6.45) is 1.38. The van der Waals surface area contributed by atoms with Crippen LogP contribution in [-0.4, -0.2) is 45.8 Å². The zero-order valence-electron chi connectivity index (χ0n) is 14.7. The van der Waals surface area contributed by atoms with E-state index in [9.17, 15) is 14.0 Å². The summed E-state index contributed by atoms with van der Waals surface area (Å²) in [5.41, 5.74) is 1.09. The highest BCUT2D eigenvalue weighted by Gasteiger charge is 2.41. The molecule has 1 atom stereocenters. The van der Waals surface area contributed by atoms with Gasteiger partial charge in [0, 0.05) is 18.7 Å². The molecule has 28 heavy (non-hydrogen) atoms. The summed E-state index contributed by atoms with van der Waals surface area (Å²) in [5.74, 6) is -1.07. The van der Waals surface area contributed by atoms with Gasteiger partial charge in [-0.15, -0.1) is 0 Å². The maximum Gasteiger partial charge on any atom is 0.274 e. The summed E-state index contributed by atoms with van der Waals surface area (Å²) in [7, 11) is 0. The number of carbonyl (C=O) groups excluding carboxylic acids is 2. The molecular formula is C19H16ClFN4O2S. The lowest BCUT2D eigenvalue weighted by Gasteiger charge is -2.28. The van der Waals surface area contributed by atoms with E-state index in [2.05, 4.69) is 10.3 Å². The predicted octanol–water partition coefficient (Wildman–Crippen LogP) is 3.26. The number of hydrogen-bond donors (Lipinski definition) is 1. The number of rotatable bonds is 3. The van der Waals surface area contributed by atoms with E-state index in [0.29, 0.717) is 34.5 Å². The number of benzene rings is 1. The van der Waals surface area contributed by atoms with Crippen LogP contribution in [0.4, 0.5) is 15.8 Å². The normalized spacial score (nSPS) is 19.0. The average Bonchev–Trinajstić information content (AvgIpc) is 3.00. The van der Waals surface area contributed by atoms with E-state index in [-0.39, 0.29) is 17.5 Å². The van der Waals surface area contributed by atoms with Crippen LogP contribution in [0.2, 0.25) is 5.02 Å². The molecule has 3 heterocycles. The molecule has 2 fully saturated rings. The second-order valence-electron chi connectivity index (χ2n) is 6.64. The van der Waals surface area contributed by atoms with Gasteiger partial charge in [-0.1, -0.05) is 17.7 Å². The summed E-state index contributed by atoms with van der Waals surface area (Å²) < 4.78 is 13.2. The molecule has 6 nitrogen and oxygen atoms in total. The summed E-state index contributed by atoms with van der Waals surface area (Å²) in [4.78, 5) is 31.8. The molecule has 2 aliphatic rings. The van der Waals surface area contributed by atoms with Gasteiger partial charge >= 0.3 is 0 Å². The van der Waals surface area contributed by atoms with Crippen LogP contribution in [-0.2, 0) is 4.79 Å². The Balaban J connectivity index is 1.53. The third kappa shape index (κ3) is 3.45. The van der Waals surface area contributed by atoms with Crippen LogP contribution in [0, 0.1) is 5.95 Å². The molecule has 1 N–H and O–H groups in total. The molecule has 0 spiro atoms. The number of nitrogens with one attached hydrogen (secondary N) is 1. The minimum Gasteiger partial charge on any atom is -0.337 e. The van der Waals surface area contributed by atoms with Gasteiger partial charge < -0.3 is 15.1 Å². The molecule has 0 saturated carbocycles. The first-order chi connectivity index (χ1) is 13.4. The van der Waals surface area contributed by atoms with E-state index in [4.69, 9.17) is 23.8 Å². The number of hydrogen-bond acceptors (Lipinski definition) is 4. The van der Waals surface area contributed by atoms with Crippen molar-refractivity contribution in [3.8, 4) is 0 Å². The number of nitrogens with zero attached hydrogens (tertiary/aromatic N) is 3. The lowest BCUT2D eigenvalue weighted by atomic mass is 10.0. The predicted molar refractivity (Wildman–Crippen MR) is 108 cm³/mol. The maximum atomic E-state index is 13.2. The number of ketones is 1. The van der Waals surface area contributed by atoms with Crippen LogP contribution in [0.1, 0.15) is 23.3 Å². The number of carbonyl (C=O) groups is 2. The van der Waals surface area contributed by atoms with Crippen molar-refractivity contribution < 1.29 is 14.0 Å². The molecule has 0 bridgehead atoms. The monoisotopic (exact) mass is 418 g/mol. The smallest absolute Gasteiger partial charge is 0.274 e. The number of thiocarbonyl (C=S) groups is 1. The summed E-state index contributed by atoms with van der Waals surface area (Å²) in [6.45, 7) is 1.23. The van der Waals surface area contributed by atoms with Crippen molar-refractivity contribution in [2.75, 3.05) is 23.3 Å². The standard InChI is InChI=1S/C19H16ClFN4O2S/c20-12-9-11(22-18(27)13-3-1-5-17(21)23-13)6-7-14(12)25-10-15-16(26)4-2-8-24(15)19(25)28/h1,3,5-7,9,15H,2,4,8,10H2,(H,22,27). The number of amides is 1. The zero-order chi connectivity index (χ0) is 19.8. The third-order valence-corrected chi connectivity index (χ3v) is 5.60. The summed E-state index contributed by atoms with van der Waals surface area (Å²) in [6, 6.07) is 8.79. The SMILES string of the molecule is O=C(Nc1ccc(N2CC3C(=O)CCCN3C2=S)c(Cl)c1)c1cccc(F)n1. The molecule has 1 aromatic carbocycles. The second-order valence-corrected chi connectivity index (χ2v) is 7.41. The van der Waals surface area contributed by atoms with Crippen molar-refractivity contribution in [2.45, 2.75) is 18.9 Å². The number of halogens is 2. The molecule has 1 unspecified atom stereocenters.